The van der Waals surface area contributed by atoms with Gasteiger partial charge in [0.25, 0.3) is 5.91 Å². The average molecular weight is 312 g/mol. The molecule has 1 atom stereocenters. The summed E-state index contributed by atoms with van der Waals surface area (Å²) >= 11 is 5.61. The predicted octanol–water partition coefficient (Wildman–Crippen LogP) is 1.92. The van der Waals surface area contributed by atoms with Gasteiger partial charge in [0.2, 0.25) is 0 Å². The molecule has 1 aromatic carbocycles. The highest BCUT2D eigenvalue weighted by Gasteiger charge is 2.21. The first-order chi connectivity index (χ1) is 9.60. The van der Waals surface area contributed by atoms with E-state index in [1.165, 1.54) is 24.9 Å². The number of ether oxygens (including phenoxy) is 2. The number of aliphatic imine (C=N–C) groups is 1. The van der Waals surface area contributed by atoms with E-state index in [0.29, 0.717) is 11.7 Å². The molecule has 0 aliphatic carbocycles. The van der Waals surface area contributed by atoms with Crippen molar-refractivity contribution in [3.05, 3.63) is 29.8 Å². The topological polar surface area (TPSA) is 77.0 Å². The Kier molecular flexibility index (Phi) is 4.91. The van der Waals surface area contributed by atoms with Crippen LogP contribution in [0.3, 0.4) is 0 Å². The lowest BCUT2D eigenvalue weighted by atomic mass is 10.2. The first kappa shape index (κ1) is 14.7. The van der Waals surface area contributed by atoms with Gasteiger partial charge in [-0.05, 0) is 12.1 Å². The number of nitrogens with one attached hydrogen (secondary N) is 1. The van der Waals surface area contributed by atoms with Crippen LogP contribution in [0.15, 0.2) is 29.3 Å². The van der Waals surface area contributed by atoms with Crippen LogP contribution < -0.4 is 10.1 Å². The lowest BCUT2D eigenvalue weighted by molar-refractivity contribution is 0.0971. The number of amides is 1. The van der Waals surface area contributed by atoms with Crippen LogP contribution in [0.1, 0.15) is 10.4 Å². The van der Waals surface area contributed by atoms with Crippen molar-refractivity contribution in [3.8, 4) is 5.75 Å². The number of rotatable bonds is 2. The van der Waals surface area contributed by atoms with Crippen molar-refractivity contribution in [3.63, 3.8) is 0 Å². The highest BCUT2D eigenvalue weighted by molar-refractivity contribution is 8.21. The fourth-order valence-corrected chi connectivity index (χ4v) is 2.56. The van der Waals surface area contributed by atoms with Crippen molar-refractivity contribution in [1.29, 1.82) is 0 Å². The SMILES string of the molecule is COC(=O)Oc1ccccc1C(=O)NC1=NCC(S)S1. The Balaban J connectivity index is 2.11. The van der Waals surface area contributed by atoms with E-state index in [2.05, 4.69) is 27.7 Å². The molecule has 0 saturated carbocycles. The average Bonchev–Trinajstić information content (AvgIpc) is 2.84. The quantitative estimate of drug-likeness (QED) is 0.496. The molecule has 6 nitrogen and oxygen atoms in total. The first-order valence-corrected chi connectivity index (χ1v) is 7.05. The maximum atomic E-state index is 12.1. The molecule has 0 saturated heterocycles. The predicted molar refractivity (Wildman–Crippen MR) is 79.6 cm³/mol. The molecular formula is C12H12N2O4S2. The second-order valence-corrected chi connectivity index (χ2v) is 5.89. The molecular weight excluding hydrogens is 300 g/mol. The summed E-state index contributed by atoms with van der Waals surface area (Å²) in [4.78, 5) is 27.4. The zero-order valence-corrected chi connectivity index (χ0v) is 12.2. The monoisotopic (exact) mass is 312 g/mol. The third-order valence-electron chi connectivity index (χ3n) is 2.35. The largest absolute Gasteiger partial charge is 0.513 e. The third-order valence-corrected chi connectivity index (χ3v) is 3.71. The molecule has 0 spiro atoms. The highest BCUT2D eigenvalue weighted by atomic mass is 32.2. The Hall–Kier alpha value is -1.67. The lowest BCUT2D eigenvalue weighted by Gasteiger charge is -2.09. The Labute approximate surface area is 125 Å². The van der Waals surface area contributed by atoms with Crippen LogP contribution in [0, 0.1) is 0 Å². The van der Waals surface area contributed by atoms with E-state index in [4.69, 9.17) is 4.74 Å². The maximum absolute atomic E-state index is 12.1. The second kappa shape index (κ2) is 6.67. The third kappa shape index (κ3) is 3.67. The normalized spacial score (nSPS) is 17.3. The molecule has 1 unspecified atom stereocenters. The summed E-state index contributed by atoms with van der Waals surface area (Å²) in [6.45, 7) is 0.545. The standard InChI is InChI=1S/C12H12N2O4S2/c1-17-12(16)18-8-5-3-2-4-7(8)10(15)14-11-13-6-9(19)20-11/h2-5,9,19H,6H2,1H3,(H,13,14,15). The fraction of sp³-hybridized carbons (Fsp3) is 0.250. The van der Waals surface area contributed by atoms with E-state index in [1.54, 1.807) is 18.2 Å². The number of para-hydroxylation sites is 1. The minimum atomic E-state index is -0.881. The van der Waals surface area contributed by atoms with Crippen molar-refractivity contribution < 1.29 is 19.1 Å². The van der Waals surface area contributed by atoms with Crippen molar-refractivity contribution in [2.45, 2.75) is 4.58 Å². The molecule has 106 valence electrons. The smallest absolute Gasteiger partial charge is 0.437 e. The second-order valence-electron chi connectivity index (χ2n) is 3.72. The van der Waals surface area contributed by atoms with Crippen molar-refractivity contribution >= 4 is 41.6 Å². The van der Waals surface area contributed by atoms with Gasteiger partial charge in [-0.2, -0.15) is 12.6 Å². The summed E-state index contributed by atoms with van der Waals surface area (Å²) in [5, 5.41) is 3.15. The van der Waals surface area contributed by atoms with Gasteiger partial charge < -0.3 is 14.8 Å². The van der Waals surface area contributed by atoms with Gasteiger partial charge in [-0.1, -0.05) is 23.9 Å². The Bertz CT molecular complexity index is 562. The van der Waals surface area contributed by atoms with Crippen LogP contribution >= 0.6 is 24.4 Å². The molecule has 2 rings (SSSR count). The van der Waals surface area contributed by atoms with Crippen LogP contribution in [-0.4, -0.2) is 35.5 Å². The van der Waals surface area contributed by atoms with E-state index < -0.39 is 12.1 Å². The molecule has 1 heterocycles. The van der Waals surface area contributed by atoms with Gasteiger partial charge in [0.15, 0.2) is 5.17 Å². The zero-order chi connectivity index (χ0) is 14.5. The maximum Gasteiger partial charge on any atom is 0.513 e. The van der Waals surface area contributed by atoms with E-state index in [9.17, 15) is 9.59 Å². The van der Waals surface area contributed by atoms with Gasteiger partial charge in [0.1, 0.15) is 5.75 Å². The van der Waals surface area contributed by atoms with Gasteiger partial charge in [0.05, 0.1) is 23.8 Å². The highest BCUT2D eigenvalue weighted by Crippen LogP contribution is 2.23. The number of carbonyl (C=O) groups is 2. The van der Waals surface area contributed by atoms with Crippen molar-refractivity contribution in [2.75, 3.05) is 13.7 Å². The molecule has 1 aliphatic rings. The summed E-state index contributed by atoms with van der Waals surface area (Å²) in [5.41, 5.74) is 0.226. The molecule has 0 bridgehead atoms. The number of thioether (sulfide) groups is 1. The van der Waals surface area contributed by atoms with E-state index >= 15 is 0 Å². The number of nitrogens with zero attached hydrogens (tertiary/aromatic N) is 1. The summed E-state index contributed by atoms with van der Waals surface area (Å²) in [6.07, 6.45) is -0.881. The minimum absolute atomic E-state index is 0.0480. The number of carbonyl (C=O) groups excluding carboxylic acids is 2. The van der Waals surface area contributed by atoms with E-state index in [1.807, 2.05) is 0 Å². The molecule has 0 fully saturated rings. The lowest BCUT2D eigenvalue weighted by Crippen LogP contribution is -2.28. The molecule has 0 radical (unpaired) electrons. The number of amidine groups is 1. The first-order valence-electron chi connectivity index (χ1n) is 5.65. The van der Waals surface area contributed by atoms with Gasteiger partial charge >= 0.3 is 6.16 Å². The van der Waals surface area contributed by atoms with Gasteiger partial charge in [0, 0.05) is 0 Å². The number of methoxy groups -OCH3 is 1. The van der Waals surface area contributed by atoms with Gasteiger partial charge in [-0.3, -0.25) is 9.79 Å². The van der Waals surface area contributed by atoms with Crippen LogP contribution in [0.2, 0.25) is 0 Å². The number of hydrogen-bond acceptors (Lipinski definition) is 7. The summed E-state index contributed by atoms with van der Waals surface area (Å²) < 4.78 is 9.37. The van der Waals surface area contributed by atoms with Crippen molar-refractivity contribution in [2.24, 2.45) is 4.99 Å². The molecule has 8 heteroatoms. The summed E-state index contributed by atoms with van der Waals surface area (Å²) in [6, 6.07) is 6.38. The summed E-state index contributed by atoms with van der Waals surface area (Å²) in [7, 11) is 1.20. The minimum Gasteiger partial charge on any atom is -0.437 e. The Morgan fingerprint density at radius 1 is 1.45 bits per heavy atom. The molecule has 0 aromatic heterocycles. The van der Waals surface area contributed by atoms with Gasteiger partial charge in [-0.15, -0.1) is 0 Å². The van der Waals surface area contributed by atoms with E-state index in [0.717, 1.165) is 0 Å². The zero-order valence-electron chi connectivity index (χ0n) is 10.5. The molecule has 20 heavy (non-hydrogen) atoms. The summed E-state index contributed by atoms with van der Waals surface area (Å²) in [5.74, 6) is -0.277. The van der Waals surface area contributed by atoms with Crippen LogP contribution in [-0.2, 0) is 4.74 Å². The Morgan fingerprint density at radius 2 is 2.20 bits per heavy atom. The molecule has 1 aromatic rings. The number of hydrogen-bond donors (Lipinski definition) is 2. The molecule has 1 aliphatic heterocycles. The fourth-order valence-electron chi connectivity index (χ4n) is 1.47. The van der Waals surface area contributed by atoms with Crippen LogP contribution in [0.25, 0.3) is 0 Å². The Morgan fingerprint density at radius 3 is 2.85 bits per heavy atom. The van der Waals surface area contributed by atoms with Crippen LogP contribution in [0.4, 0.5) is 4.79 Å². The number of thiol groups is 1. The molecule has 1 amide bonds. The number of benzene rings is 1. The molecule has 1 N–H and O–H groups in total. The van der Waals surface area contributed by atoms with Crippen LogP contribution in [0.5, 0.6) is 5.75 Å². The van der Waals surface area contributed by atoms with Gasteiger partial charge in [-0.25, -0.2) is 4.79 Å². The van der Waals surface area contributed by atoms with Crippen molar-refractivity contribution in [1.82, 2.24) is 5.32 Å². The van der Waals surface area contributed by atoms with E-state index in [-0.39, 0.29) is 15.9 Å².